The number of aliphatic imine (C=N–C) groups is 1. The third kappa shape index (κ3) is 3.47. The van der Waals surface area contributed by atoms with Gasteiger partial charge in [-0.25, -0.2) is 4.99 Å². The van der Waals surface area contributed by atoms with E-state index in [1.807, 2.05) is 0 Å². The van der Waals surface area contributed by atoms with Crippen LogP contribution in [0.5, 0.6) is 0 Å². The first-order chi connectivity index (χ1) is 8.65. The fourth-order valence-corrected chi connectivity index (χ4v) is 1.99. The molecule has 1 heterocycles. The van der Waals surface area contributed by atoms with Gasteiger partial charge < -0.3 is 15.8 Å². The van der Waals surface area contributed by atoms with Gasteiger partial charge in [0, 0.05) is 13.1 Å². The number of hydrogen-bond donors (Lipinski definition) is 2. The maximum atomic E-state index is 5.46. The number of rotatable bonds is 5. The molecule has 0 bridgehead atoms. The van der Waals surface area contributed by atoms with Gasteiger partial charge >= 0.3 is 0 Å². The lowest BCUT2D eigenvalue weighted by atomic mass is 10.0. The second-order valence-electron chi connectivity index (χ2n) is 4.96. The van der Waals surface area contributed by atoms with Crippen molar-refractivity contribution >= 4 is 6.02 Å². The lowest BCUT2D eigenvalue weighted by Crippen LogP contribution is -2.26. The molecule has 2 rings (SSSR count). The Balaban J connectivity index is 1.81. The standard InChI is InChI=1S/C14H21N3O/c1-10(2)12-5-3-4-11(6-12)7-16-8-13-9-18-14(15)17-13/h3-6,10,13,16H,7-9H2,1-2H3,(H2,15,17)/t13-/m0/s1. The molecule has 4 nitrogen and oxygen atoms in total. The van der Waals surface area contributed by atoms with Gasteiger partial charge in [0.1, 0.15) is 12.6 Å². The Morgan fingerprint density at radius 3 is 3.00 bits per heavy atom. The van der Waals surface area contributed by atoms with E-state index in [2.05, 4.69) is 48.4 Å². The lowest BCUT2D eigenvalue weighted by Gasteiger charge is -2.10. The molecule has 0 aromatic heterocycles. The van der Waals surface area contributed by atoms with Gasteiger partial charge in [0.2, 0.25) is 0 Å². The minimum Gasteiger partial charge on any atom is -0.463 e. The summed E-state index contributed by atoms with van der Waals surface area (Å²) in [4.78, 5) is 4.18. The van der Waals surface area contributed by atoms with Crippen molar-refractivity contribution < 1.29 is 4.74 Å². The average Bonchev–Trinajstić information content (AvgIpc) is 2.75. The Morgan fingerprint density at radius 2 is 2.33 bits per heavy atom. The van der Waals surface area contributed by atoms with Crippen LogP contribution in [-0.2, 0) is 11.3 Å². The summed E-state index contributed by atoms with van der Waals surface area (Å²) in [7, 11) is 0. The van der Waals surface area contributed by atoms with Gasteiger partial charge in [0.05, 0.1) is 0 Å². The maximum absolute atomic E-state index is 5.46. The number of hydrogen-bond acceptors (Lipinski definition) is 4. The first kappa shape index (κ1) is 12.9. The molecule has 3 N–H and O–H groups in total. The highest BCUT2D eigenvalue weighted by Crippen LogP contribution is 2.15. The van der Waals surface area contributed by atoms with E-state index in [4.69, 9.17) is 10.5 Å². The Kier molecular flexibility index (Phi) is 4.20. The molecule has 1 aromatic carbocycles. The summed E-state index contributed by atoms with van der Waals surface area (Å²) in [5.41, 5.74) is 8.14. The van der Waals surface area contributed by atoms with Crippen molar-refractivity contribution in [2.45, 2.75) is 32.4 Å². The molecule has 4 heteroatoms. The van der Waals surface area contributed by atoms with E-state index in [1.165, 1.54) is 11.1 Å². The van der Waals surface area contributed by atoms with Crippen LogP contribution < -0.4 is 11.1 Å². The molecule has 1 aliphatic rings. The summed E-state index contributed by atoms with van der Waals surface area (Å²) in [6, 6.07) is 9.13. The molecule has 0 amide bonds. The van der Waals surface area contributed by atoms with Crippen molar-refractivity contribution in [3.8, 4) is 0 Å². The molecule has 0 spiro atoms. The molecular formula is C14H21N3O. The average molecular weight is 247 g/mol. The number of nitrogens with zero attached hydrogens (tertiary/aromatic N) is 1. The van der Waals surface area contributed by atoms with E-state index in [0.717, 1.165) is 13.1 Å². The predicted octanol–water partition coefficient (Wildman–Crippen LogP) is 1.61. The molecular weight excluding hydrogens is 226 g/mol. The number of benzene rings is 1. The highest BCUT2D eigenvalue weighted by atomic mass is 16.5. The van der Waals surface area contributed by atoms with Crippen molar-refractivity contribution in [1.29, 1.82) is 0 Å². The van der Waals surface area contributed by atoms with Gasteiger partial charge in [-0.05, 0) is 17.0 Å². The van der Waals surface area contributed by atoms with Crippen LogP contribution >= 0.6 is 0 Å². The van der Waals surface area contributed by atoms with E-state index >= 15 is 0 Å². The molecule has 0 radical (unpaired) electrons. The van der Waals surface area contributed by atoms with Crippen LogP contribution in [0.4, 0.5) is 0 Å². The normalized spacial score (nSPS) is 18.8. The third-order valence-corrected chi connectivity index (χ3v) is 3.06. The lowest BCUT2D eigenvalue weighted by molar-refractivity contribution is 0.309. The zero-order chi connectivity index (χ0) is 13.0. The fourth-order valence-electron chi connectivity index (χ4n) is 1.99. The van der Waals surface area contributed by atoms with Gasteiger partial charge in [-0.3, -0.25) is 0 Å². The summed E-state index contributed by atoms with van der Waals surface area (Å²) in [5, 5.41) is 3.39. The van der Waals surface area contributed by atoms with Crippen LogP contribution in [0.25, 0.3) is 0 Å². The number of nitrogens with one attached hydrogen (secondary N) is 1. The molecule has 1 aromatic rings. The molecule has 1 atom stereocenters. The van der Waals surface area contributed by atoms with Crippen LogP contribution in [0, 0.1) is 0 Å². The molecule has 98 valence electrons. The number of ether oxygens (including phenoxy) is 1. The molecule has 1 aliphatic heterocycles. The van der Waals surface area contributed by atoms with Crippen molar-refractivity contribution in [2.75, 3.05) is 13.2 Å². The van der Waals surface area contributed by atoms with Crippen LogP contribution in [0.3, 0.4) is 0 Å². The van der Waals surface area contributed by atoms with Crippen LogP contribution in [0.15, 0.2) is 29.3 Å². The van der Waals surface area contributed by atoms with E-state index in [0.29, 0.717) is 18.5 Å². The van der Waals surface area contributed by atoms with Gasteiger partial charge in [-0.15, -0.1) is 0 Å². The molecule has 18 heavy (non-hydrogen) atoms. The smallest absolute Gasteiger partial charge is 0.282 e. The second kappa shape index (κ2) is 5.87. The first-order valence-electron chi connectivity index (χ1n) is 6.41. The Hall–Kier alpha value is -1.55. The highest BCUT2D eigenvalue weighted by molar-refractivity contribution is 5.73. The second-order valence-corrected chi connectivity index (χ2v) is 4.96. The SMILES string of the molecule is CC(C)c1cccc(CNC[C@H]2COC(N)=N2)c1. The summed E-state index contributed by atoms with van der Waals surface area (Å²) in [6.07, 6.45) is 0. The van der Waals surface area contributed by atoms with Crippen molar-refractivity contribution in [1.82, 2.24) is 5.32 Å². The first-order valence-corrected chi connectivity index (χ1v) is 6.41. The largest absolute Gasteiger partial charge is 0.463 e. The Bertz CT molecular complexity index is 429. The minimum atomic E-state index is 0.151. The summed E-state index contributed by atoms with van der Waals surface area (Å²) in [6.45, 7) is 6.66. The molecule has 0 aliphatic carbocycles. The highest BCUT2D eigenvalue weighted by Gasteiger charge is 2.15. The predicted molar refractivity (Wildman–Crippen MR) is 73.6 cm³/mol. The number of amidine groups is 1. The van der Waals surface area contributed by atoms with Crippen LogP contribution in [0.1, 0.15) is 30.9 Å². The zero-order valence-corrected chi connectivity index (χ0v) is 11.0. The molecule has 0 saturated carbocycles. The van der Waals surface area contributed by atoms with Gasteiger partial charge in [0.25, 0.3) is 6.02 Å². The maximum Gasteiger partial charge on any atom is 0.282 e. The van der Waals surface area contributed by atoms with E-state index in [9.17, 15) is 0 Å². The minimum absolute atomic E-state index is 0.151. The topological polar surface area (TPSA) is 59.6 Å². The monoisotopic (exact) mass is 247 g/mol. The van der Waals surface area contributed by atoms with Gasteiger partial charge in [-0.2, -0.15) is 0 Å². The van der Waals surface area contributed by atoms with Crippen LogP contribution in [0.2, 0.25) is 0 Å². The van der Waals surface area contributed by atoms with Crippen molar-refractivity contribution in [2.24, 2.45) is 10.7 Å². The van der Waals surface area contributed by atoms with Crippen LogP contribution in [-0.4, -0.2) is 25.2 Å². The van der Waals surface area contributed by atoms with E-state index in [-0.39, 0.29) is 6.04 Å². The summed E-state index contributed by atoms with van der Waals surface area (Å²) < 4.78 is 5.11. The van der Waals surface area contributed by atoms with Gasteiger partial charge in [-0.1, -0.05) is 38.1 Å². The molecule has 0 fully saturated rings. The van der Waals surface area contributed by atoms with Crippen molar-refractivity contribution in [3.63, 3.8) is 0 Å². The van der Waals surface area contributed by atoms with E-state index < -0.39 is 0 Å². The summed E-state index contributed by atoms with van der Waals surface area (Å²) in [5.74, 6) is 0.567. The molecule has 0 unspecified atom stereocenters. The summed E-state index contributed by atoms with van der Waals surface area (Å²) >= 11 is 0. The zero-order valence-electron chi connectivity index (χ0n) is 11.0. The van der Waals surface area contributed by atoms with E-state index in [1.54, 1.807) is 0 Å². The quantitative estimate of drug-likeness (QED) is 0.831. The van der Waals surface area contributed by atoms with Crippen molar-refractivity contribution in [3.05, 3.63) is 35.4 Å². The molecule has 0 saturated heterocycles. The van der Waals surface area contributed by atoms with Gasteiger partial charge in [0.15, 0.2) is 0 Å². The Labute approximate surface area is 108 Å². The Morgan fingerprint density at radius 1 is 1.50 bits per heavy atom. The third-order valence-electron chi connectivity index (χ3n) is 3.06. The number of nitrogens with two attached hydrogens (primary N) is 1. The fraction of sp³-hybridized carbons (Fsp3) is 0.500.